The van der Waals surface area contributed by atoms with Crippen LogP contribution in [0.25, 0.3) is 0 Å². The molecule has 0 fully saturated rings. The van der Waals surface area contributed by atoms with E-state index in [9.17, 15) is 4.79 Å². The largest absolute Gasteiger partial charge is 0.480 e. The van der Waals surface area contributed by atoms with Crippen molar-refractivity contribution in [3.8, 4) is 0 Å². The van der Waals surface area contributed by atoms with E-state index in [0.717, 1.165) is 0 Å². The van der Waals surface area contributed by atoms with Crippen molar-refractivity contribution in [1.29, 1.82) is 0 Å². The van der Waals surface area contributed by atoms with Crippen molar-refractivity contribution in [2.45, 2.75) is 18.9 Å². The molecule has 0 aliphatic heterocycles. The average Bonchev–Trinajstić information content (AvgIpc) is 2.11. The van der Waals surface area contributed by atoms with E-state index in [0.29, 0.717) is 25.3 Å². The molecule has 0 aromatic carbocycles. The van der Waals surface area contributed by atoms with Gasteiger partial charge in [-0.2, -0.15) is 0 Å². The molecule has 0 rings (SSSR count). The first-order valence-corrected chi connectivity index (χ1v) is 4.40. The predicted molar refractivity (Wildman–Crippen MR) is 55.0 cm³/mol. The van der Waals surface area contributed by atoms with Gasteiger partial charge in [0.1, 0.15) is 6.04 Å². The van der Waals surface area contributed by atoms with E-state index in [1.807, 2.05) is 0 Å². The summed E-state index contributed by atoms with van der Waals surface area (Å²) in [6, 6.07) is -0.800. The summed E-state index contributed by atoms with van der Waals surface area (Å²) in [5.41, 5.74) is 10.8. The molecule has 5 N–H and O–H groups in total. The molecular weight excluding hydrogens is 189 g/mol. The monoisotopic (exact) mass is 207 g/mol. The number of nitrogens with zero attached hydrogens (tertiary/aromatic N) is 2. The lowest BCUT2D eigenvalue weighted by Gasteiger charge is -2.10. The molecule has 0 amide bonds. The molecule has 0 saturated carbocycles. The molecule has 6 heteroatoms. The standard InChI is InChI=1S/C8H18N4O2/c1-12(2)8(10)11-5-3-4-6(9)7(13)14/h6H,3-5,9H2,1-2H3,(H2,10,11)(H,13,14)/t6-/m0/s1/i3+1,4+1,5+1,6+1,7+1. The van der Waals surface area contributed by atoms with Crippen LogP contribution in [-0.4, -0.2) is 48.6 Å². The molecule has 82 valence electrons. The summed E-state index contributed by atoms with van der Waals surface area (Å²) in [5.74, 6) is -0.538. The van der Waals surface area contributed by atoms with Crippen molar-refractivity contribution in [3.05, 3.63) is 0 Å². The second-order valence-electron chi connectivity index (χ2n) is 3.22. The smallest absolute Gasteiger partial charge is 0.320 e. The first kappa shape index (κ1) is 12.7. The minimum atomic E-state index is -0.977. The van der Waals surface area contributed by atoms with Crippen LogP contribution in [0.3, 0.4) is 0 Å². The van der Waals surface area contributed by atoms with Gasteiger partial charge in [-0.1, -0.05) is 0 Å². The van der Waals surface area contributed by atoms with Gasteiger partial charge in [0.25, 0.3) is 0 Å². The van der Waals surface area contributed by atoms with Gasteiger partial charge in [0.05, 0.1) is 0 Å². The number of hydrogen-bond donors (Lipinski definition) is 3. The van der Waals surface area contributed by atoms with Gasteiger partial charge < -0.3 is 21.5 Å². The maximum Gasteiger partial charge on any atom is 0.320 e. The van der Waals surface area contributed by atoms with Crippen LogP contribution in [0.5, 0.6) is 0 Å². The van der Waals surface area contributed by atoms with Crippen LogP contribution < -0.4 is 11.5 Å². The Kier molecular flexibility index (Phi) is 5.62. The third kappa shape index (κ3) is 5.36. The van der Waals surface area contributed by atoms with Crippen LogP contribution in [0, 0.1) is 0 Å². The fourth-order valence-electron chi connectivity index (χ4n) is 0.770. The number of guanidine groups is 1. The first-order valence-electron chi connectivity index (χ1n) is 4.40. The third-order valence-corrected chi connectivity index (χ3v) is 1.72. The van der Waals surface area contributed by atoms with Crippen molar-refractivity contribution < 1.29 is 9.90 Å². The summed E-state index contributed by atoms with van der Waals surface area (Å²) < 4.78 is 0. The summed E-state index contributed by atoms with van der Waals surface area (Å²) in [5, 5.41) is 8.48. The van der Waals surface area contributed by atoms with Crippen molar-refractivity contribution in [3.63, 3.8) is 0 Å². The summed E-state index contributed by atoms with van der Waals surface area (Å²) in [4.78, 5) is 16.1. The summed E-state index contributed by atoms with van der Waals surface area (Å²) in [6.07, 6.45) is 1.04. The van der Waals surface area contributed by atoms with Crippen molar-refractivity contribution in [2.24, 2.45) is 16.5 Å². The Labute approximate surface area is 83.6 Å². The van der Waals surface area contributed by atoms with E-state index >= 15 is 0 Å². The fraction of sp³-hybridized carbons (Fsp3) is 0.750. The number of rotatable bonds is 5. The lowest BCUT2D eigenvalue weighted by Crippen LogP contribution is -2.31. The molecule has 1 atom stereocenters. The van der Waals surface area contributed by atoms with Gasteiger partial charge >= 0.3 is 5.97 Å². The summed E-state index contributed by atoms with van der Waals surface area (Å²) in [7, 11) is 3.59. The maximum atomic E-state index is 10.3. The maximum absolute atomic E-state index is 10.3. The predicted octanol–water partition coefficient (Wildman–Crippen LogP) is -0.945. The molecule has 0 aliphatic carbocycles. The molecule has 0 aliphatic rings. The molecule has 14 heavy (non-hydrogen) atoms. The molecule has 6 nitrogen and oxygen atoms in total. The van der Waals surface area contributed by atoms with E-state index in [-0.39, 0.29) is 0 Å². The zero-order valence-corrected chi connectivity index (χ0v) is 8.60. The van der Waals surface area contributed by atoms with Crippen molar-refractivity contribution >= 4 is 11.9 Å². The first-order chi connectivity index (χ1) is 6.45. The van der Waals surface area contributed by atoms with Crippen LogP contribution in [0.15, 0.2) is 4.99 Å². The third-order valence-electron chi connectivity index (χ3n) is 1.72. The van der Waals surface area contributed by atoms with Gasteiger partial charge in [0, 0.05) is 20.6 Å². The Bertz CT molecular complexity index is 215. The lowest BCUT2D eigenvalue weighted by atomic mass is 10.8. The van der Waals surface area contributed by atoms with Crippen LogP contribution in [0.4, 0.5) is 0 Å². The number of nitrogens with two attached hydrogens (primary N) is 2. The van der Waals surface area contributed by atoms with Gasteiger partial charge in [-0.15, -0.1) is 0 Å². The highest BCUT2D eigenvalue weighted by Gasteiger charge is 2.09. The highest BCUT2D eigenvalue weighted by molar-refractivity contribution is 5.77. The molecule has 0 bridgehead atoms. The number of carboxylic acids is 1. The lowest BCUT2D eigenvalue weighted by molar-refractivity contribution is -0.138. The molecule has 0 spiro atoms. The second kappa shape index (κ2) is 6.20. The molecule has 0 radical (unpaired) electrons. The topological polar surface area (TPSA) is 105 Å². The molecular formula is C8H18N4O2. The van der Waals surface area contributed by atoms with Crippen LogP contribution in [0.2, 0.25) is 0 Å². The fourth-order valence-corrected chi connectivity index (χ4v) is 0.770. The summed E-state index contributed by atoms with van der Waals surface area (Å²) >= 11 is 0. The number of aliphatic carboxylic acids is 1. The average molecular weight is 207 g/mol. The number of hydrogen-bond acceptors (Lipinski definition) is 3. The van der Waals surface area contributed by atoms with Crippen molar-refractivity contribution in [1.82, 2.24) is 4.90 Å². The van der Waals surface area contributed by atoms with E-state index in [2.05, 4.69) is 4.99 Å². The molecule has 0 unspecified atom stereocenters. The Morgan fingerprint density at radius 2 is 2.14 bits per heavy atom. The van der Waals surface area contributed by atoms with Gasteiger partial charge in [-0.05, 0) is 12.8 Å². The van der Waals surface area contributed by atoms with Gasteiger partial charge in [-0.25, -0.2) is 0 Å². The summed E-state index contributed by atoms with van der Waals surface area (Å²) in [6.45, 7) is 0.505. The normalized spacial score (nSPS) is 13.8. The van der Waals surface area contributed by atoms with Crippen LogP contribution in [-0.2, 0) is 4.79 Å². The Morgan fingerprint density at radius 1 is 1.57 bits per heavy atom. The van der Waals surface area contributed by atoms with Crippen LogP contribution in [0.1, 0.15) is 12.8 Å². The highest BCUT2D eigenvalue weighted by atomic mass is 16.5. The molecule has 0 aromatic heterocycles. The van der Waals surface area contributed by atoms with E-state index in [1.165, 1.54) is 0 Å². The van der Waals surface area contributed by atoms with E-state index in [1.54, 1.807) is 19.0 Å². The number of aliphatic imine (C=N–C) groups is 1. The van der Waals surface area contributed by atoms with Gasteiger partial charge in [-0.3, -0.25) is 9.79 Å². The van der Waals surface area contributed by atoms with E-state index < -0.39 is 12.0 Å². The van der Waals surface area contributed by atoms with E-state index in [4.69, 9.17) is 16.6 Å². The Morgan fingerprint density at radius 3 is 2.57 bits per heavy atom. The molecule has 0 aromatic rings. The van der Waals surface area contributed by atoms with Crippen molar-refractivity contribution in [2.75, 3.05) is 20.6 Å². The zero-order chi connectivity index (χ0) is 11.1. The quantitative estimate of drug-likeness (QED) is 0.233. The highest BCUT2D eigenvalue weighted by Crippen LogP contribution is 1.95. The number of carbonyl (C=O) groups is 1. The number of carboxylic acid groups (broad SMARTS) is 1. The SMILES string of the molecule is CN(C)C(N)=N[13CH2][13CH2][13CH2][13C@H](N)[13C](=O)O. The molecule has 0 heterocycles. The Balaban J connectivity index is 3.66. The van der Waals surface area contributed by atoms with Gasteiger partial charge in [0.2, 0.25) is 0 Å². The zero-order valence-electron chi connectivity index (χ0n) is 8.60. The minimum absolute atomic E-state index is 0.416. The minimum Gasteiger partial charge on any atom is -0.480 e. The second-order valence-corrected chi connectivity index (χ2v) is 3.22. The Hall–Kier alpha value is -1.30. The van der Waals surface area contributed by atoms with Gasteiger partial charge in [0.15, 0.2) is 5.96 Å². The van der Waals surface area contributed by atoms with Crippen LogP contribution >= 0.6 is 0 Å². The molecule has 0 saturated heterocycles.